The number of halogens is 3. The molecule has 0 saturated carbocycles. The van der Waals surface area contributed by atoms with Crippen LogP contribution < -0.4 is 29.9 Å². The standard InChI is InChI=1S/C32H38Cl2FN7O4/c1-6-26(43)38-23-12-11-20(15-22(23)35)18-42-30-21(17-37-31(39-30)36-13-9-10-14-40(7-2)8-3)19-41(32(42)44)29-27(33)24(45-4)16-25(46-5)28(29)34/h6,11-12,15-17H,1,7-10,13-14,18-19H2,2-5H3,(H,38,43)(H,36,37,39). The molecule has 0 radical (unpaired) electrons. The predicted octanol–water partition coefficient (Wildman–Crippen LogP) is 6.74. The Morgan fingerprint density at radius 2 is 1.83 bits per heavy atom. The summed E-state index contributed by atoms with van der Waals surface area (Å²) >= 11 is 13.4. The first-order valence-corrected chi connectivity index (χ1v) is 15.6. The van der Waals surface area contributed by atoms with Crippen molar-refractivity contribution in [1.29, 1.82) is 0 Å². The van der Waals surface area contributed by atoms with E-state index in [1.54, 1.807) is 12.3 Å². The molecule has 0 spiro atoms. The minimum atomic E-state index is -0.674. The van der Waals surface area contributed by atoms with Gasteiger partial charge < -0.3 is 25.0 Å². The Labute approximate surface area is 278 Å². The third-order valence-corrected chi connectivity index (χ3v) is 8.33. The van der Waals surface area contributed by atoms with Gasteiger partial charge in [0.25, 0.3) is 0 Å². The number of nitrogens with one attached hydrogen (secondary N) is 2. The number of carbonyl (C=O) groups excluding carboxylic acids is 2. The Bertz CT molecular complexity index is 1560. The van der Waals surface area contributed by atoms with Crippen LogP contribution in [0.5, 0.6) is 11.5 Å². The van der Waals surface area contributed by atoms with Crippen molar-refractivity contribution in [3.05, 3.63) is 70.1 Å². The number of nitrogens with zero attached hydrogens (tertiary/aromatic N) is 5. The molecule has 2 heterocycles. The summed E-state index contributed by atoms with van der Waals surface area (Å²) in [5.74, 6) is 0.0227. The first kappa shape index (κ1) is 34.7. The number of fused-ring (bicyclic) bond motifs is 1. The van der Waals surface area contributed by atoms with E-state index in [0.717, 1.165) is 38.6 Å². The molecule has 1 aliphatic heterocycles. The van der Waals surface area contributed by atoms with E-state index in [1.807, 2.05) is 0 Å². The molecule has 4 rings (SSSR count). The molecule has 3 amide bonds. The minimum Gasteiger partial charge on any atom is -0.495 e. The van der Waals surface area contributed by atoms with Gasteiger partial charge in [0.1, 0.15) is 33.2 Å². The largest absolute Gasteiger partial charge is 0.495 e. The number of rotatable bonds is 15. The number of carbonyl (C=O) groups is 2. The Balaban J connectivity index is 1.68. The fourth-order valence-corrected chi connectivity index (χ4v) is 5.76. The van der Waals surface area contributed by atoms with E-state index in [2.05, 4.69) is 40.9 Å². The van der Waals surface area contributed by atoms with Gasteiger partial charge >= 0.3 is 6.03 Å². The highest BCUT2D eigenvalue weighted by atomic mass is 35.5. The maximum atomic E-state index is 15.0. The number of methoxy groups -OCH3 is 2. The quantitative estimate of drug-likeness (QED) is 0.135. The van der Waals surface area contributed by atoms with Gasteiger partial charge in [0.15, 0.2) is 0 Å². The van der Waals surface area contributed by atoms with E-state index in [1.165, 1.54) is 42.2 Å². The van der Waals surface area contributed by atoms with Crippen LogP contribution in [0.15, 0.2) is 43.1 Å². The summed E-state index contributed by atoms with van der Waals surface area (Å²) in [6.07, 6.45) is 4.61. The van der Waals surface area contributed by atoms with Crippen molar-refractivity contribution in [1.82, 2.24) is 14.9 Å². The maximum Gasteiger partial charge on any atom is 0.330 e. The second-order valence-electron chi connectivity index (χ2n) is 10.4. The van der Waals surface area contributed by atoms with E-state index in [-0.39, 0.29) is 46.0 Å². The normalized spacial score (nSPS) is 12.7. The Morgan fingerprint density at radius 3 is 2.43 bits per heavy atom. The molecule has 0 saturated heterocycles. The lowest BCUT2D eigenvalue weighted by Crippen LogP contribution is -2.48. The van der Waals surface area contributed by atoms with Gasteiger partial charge in [0.2, 0.25) is 11.9 Å². The van der Waals surface area contributed by atoms with Crippen molar-refractivity contribution in [3.63, 3.8) is 0 Å². The summed E-state index contributed by atoms with van der Waals surface area (Å²) in [5, 5.41) is 5.91. The van der Waals surface area contributed by atoms with Gasteiger partial charge in [-0.2, -0.15) is 4.98 Å². The Hall–Kier alpha value is -4.13. The predicted molar refractivity (Wildman–Crippen MR) is 180 cm³/mol. The zero-order chi connectivity index (χ0) is 33.4. The van der Waals surface area contributed by atoms with Crippen LogP contribution >= 0.6 is 23.2 Å². The van der Waals surface area contributed by atoms with Crippen molar-refractivity contribution in [2.24, 2.45) is 0 Å². The van der Waals surface area contributed by atoms with Crippen LogP contribution in [0.4, 0.5) is 32.3 Å². The molecule has 0 aliphatic carbocycles. The van der Waals surface area contributed by atoms with Crippen molar-refractivity contribution < 1.29 is 23.5 Å². The van der Waals surface area contributed by atoms with E-state index in [0.29, 0.717) is 29.4 Å². The highest BCUT2D eigenvalue weighted by molar-refractivity contribution is 6.42. The summed E-state index contributed by atoms with van der Waals surface area (Å²) in [5.41, 5.74) is 1.22. The smallest absolute Gasteiger partial charge is 0.330 e. The second kappa shape index (κ2) is 15.9. The molecule has 0 fully saturated rings. The lowest BCUT2D eigenvalue weighted by molar-refractivity contribution is -0.111. The fraction of sp³-hybridized carbons (Fsp3) is 0.375. The Morgan fingerprint density at radius 1 is 1.13 bits per heavy atom. The third-order valence-electron chi connectivity index (χ3n) is 7.60. The molecule has 14 heteroatoms. The molecule has 0 atom stereocenters. The number of benzene rings is 2. The van der Waals surface area contributed by atoms with Crippen LogP contribution in [0.3, 0.4) is 0 Å². The number of ether oxygens (including phenoxy) is 2. The minimum absolute atomic E-state index is 0.0162. The lowest BCUT2D eigenvalue weighted by atomic mass is 10.1. The molecule has 11 nitrogen and oxygen atoms in total. The lowest BCUT2D eigenvalue weighted by Gasteiger charge is -2.37. The molecule has 1 aromatic heterocycles. The van der Waals surface area contributed by atoms with Crippen LogP contribution in [0, 0.1) is 5.82 Å². The summed E-state index contributed by atoms with van der Waals surface area (Å²) in [6.45, 7) is 11.3. The average molecular weight is 675 g/mol. The van der Waals surface area contributed by atoms with Gasteiger partial charge in [-0.15, -0.1) is 0 Å². The highest BCUT2D eigenvalue weighted by Crippen LogP contribution is 2.48. The zero-order valence-corrected chi connectivity index (χ0v) is 27.8. The van der Waals surface area contributed by atoms with E-state index >= 15 is 4.39 Å². The van der Waals surface area contributed by atoms with Crippen molar-refractivity contribution in [2.45, 2.75) is 39.8 Å². The van der Waals surface area contributed by atoms with Gasteiger partial charge in [-0.3, -0.25) is 14.6 Å². The summed E-state index contributed by atoms with van der Waals surface area (Å²) in [4.78, 5) is 40.4. The molecule has 246 valence electrons. The van der Waals surface area contributed by atoms with E-state index in [4.69, 9.17) is 37.7 Å². The van der Waals surface area contributed by atoms with Gasteiger partial charge in [-0.1, -0.05) is 49.7 Å². The first-order valence-electron chi connectivity index (χ1n) is 14.9. The monoisotopic (exact) mass is 673 g/mol. The van der Waals surface area contributed by atoms with Crippen molar-refractivity contribution in [2.75, 3.05) is 60.8 Å². The number of unbranched alkanes of at least 4 members (excludes halogenated alkanes) is 1. The van der Waals surface area contributed by atoms with Crippen molar-refractivity contribution >= 4 is 58.3 Å². The van der Waals surface area contributed by atoms with Gasteiger partial charge in [-0.05, 0) is 56.2 Å². The molecule has 2 N–H and O–H groups in total. The van der Waals surface area contributed by atoms with E-state index < -0.39 is 17.8 Å². The number of anilines is 4. The number of hydrogen-bond donors (Lipinski definition) is 2. The van der Waals surface area contributed by atoms with Crippen molar-refractivity contribution in [3.8, 4) is 11.5 Å². The third kappa shape index (κ3) is 7.80. The fourth-order valence-electron chi connectivity index (χ4n) is 5.05. The molecule has 2 aromatic carbocycles. The molecular weight excluding hydrogens is 636 g/mol. The molecule has 46 heavy (non-hydrogen) atoms. The zero-order valence-electron chi connectivity index (χ0n) is 26.3. The molecule has 0 bridgehead atoms. The second-order valence-corrected chi connectivity index (χ2v) is 11.2. The number of hydrogen-bond acceptors (Lipinski definition) is 8. The van der Waals surface area contributed by atoms with Crippen LogP contribution in [0.2, 0.25) is 10.0 Å². The van der Waals surface area contributed by atoms with Gasteiger partial charge in [0.05, 0.1) is 38.7 Å². The van der Waals surface area contributed by atoms with Crippen LogP contribution in [0.1, 0.15) is 37.8 Å². The number of aromatic nitrogens is 2. The average Bonchev–Trinajstić information content (AvgIpc) is 3.06. The van der Waals surface area contributed by atoms with Crippen LogP contribution in [-0.2, 0) is 17.9 Å². The topological polar surface area (TPSA) is 112 Å². The Kier molecular flexibility index (Phi) is 12.0. The van der Waals surface area contributed by atoms with Crippen LogP contribution in [0.25, 0.3) is 0 Å². The number of urea groups is 1. The first-order chi connectivity index (χ1) is 22.1. The summed E-state index contributed by atoms with van der Waals surface area (Å²) < 4.78 is 25.8. The highest BCUT2D eigenvalue weighted by Gasteiger charge is 2.37. The van der Waals surface area contributed by atoms with E-state index in [9.17, 15) is 9.59 Å². The maximum absolute atomic E-state index is 15.0. The van der Waals surface area contributed by atoms with Crippen LogP contribution in [-0.4, -0.2) is 67.2 Å². The number of amides is 3. The SMILES string of the molecule is C=CC(=O)Nc1ccc(CN2C(=O)N(c3c(Cl)c(OC)cc(OC)c3Cl)Cc3cnc(NCCCCN(CC)CC)nc32)cc1F. The molecular formula is C32H38Cl2FN7O4. The van der Waals surface area contributed by atoms with Gasteiger partial charge in [0, 0.05) is 24.4 Å². The summed E-state index contributed by atoms with van der Waals surface area (Å²) in [6, 6.07) is 5.30. The summed E-state index contributed by atoms with van der Waals surface area (Å²) in [7, 11) is 2.89. The molecule has 1 aliphatic rings. The molecule has 3 aromatic rings. The van der Waals surface area contributed by atoms with Gasteiger partial charge in [-0.25, -0.2) is 14.2 Å². The molecule has 0 unspecified atom stereocenters.